The molecule has 1 unspecified atom stereocenters. The molecule has 3 rings (SSSR count). The van der Waals surface area contributed by atoms with Crippen molar-refractivity contribution in [2.24, 2.45) is 4.99 Å². The topological polar surface area (TPSA) is 40.1 Å². The molecule has 0 spiro atoms. The average molecular weight is 486 g/mol. The highest BCUT2D eigenvalue weighted by atomic mass is 127. The smallest absolute Gasteiger partial charge is 0.193 e. The monoisotopic (exact) mass is 486 g/mol. The summed E-state index contributed by atoms with van der Waals surface area (Å²) < 4.78 is 5.33. The number of rotatable bonds is 6. The molecule has 2 heterocycles. The number of hydrogen-bond acceptors (Lipinski definition) is 3. The summed E-state index contributed by atoms with van der Waals surface area (Å²) in [5.41, 5.74) is 1.34. The molecule has 2 fully saturated rings. The minimum Gasteiger partial charge on any atom is -0.497 e. The molecule has 5 nitrogen and oxygen atoms in total. The quantitative estimate of drug-likeness (QED) is 0.376. The van der Waals surface area contributed by atoms with E-state index in [0.717, 1.165) is 37.9 Å². The summed E-state index contributed by atoms with van der Waals surface area (Å²) in [6.07, 6.45) is 6.49. The maximum Gasteiger partial charge on any atom is 0.193 e. The van der Waals surface area contributed by atoms with Crippen LogP contribution in [0.5, 0.6) is 5.75 Å². The number of nitrogens with one attached hydrogen (secondary N) is 1. The maximum absolute atomic E-state index is 5.33. The van der Waals surface area contributed by atoms with Gasteiger partial charge in [-0.3, -0.25) is 9.89 Å². The normalized spacial score (nSPS) is 19.5. The summed E-state index contributed by atoms with van der Waals surface area (Å²) in [7, 11) is 1.72. The lowest BCUT2D eigenvalue weighted by Gasteiger charge is -2.34. The van der Waals surface area contributed by atoms with Crippen molar-refractivity contribution in [2.75, 3.05) is 46.4 Å². The van der Waals surface area contributed by atoms with E-state index in [9.17, 15) is 0 Å². The molecule has 0 saturated carbocycles. The van der Waals surface area contributed by atoms with Crippen molar-refractivity contribution >= 4 is 29.9 Å². The third-order valence-electron chi connectivity index (χ3n) is 5.49. The second-order valence-electron chi connectivity index (χ2n) is 7.27. The highest BCUT2D eigenvalue weighted by molar-refractivity contribution is 14.0. The molecule has 0 aliphatic carbocycles. The molecule has 1 aromatic carbocycles. The van der Waals surface area contributed by atoms with Crippen LogP contribution in [0.25, 0.3) is 0 Å². The summed E-state index contributed by atoms with van der Waals surface area (Å²) >= 11 is 0. The lowest BCUT2D eigenvalue weighted by Crippen LogP contribution is -2.41. The lowest BCUT2D eigenvalue weighted by atomic mass is 10.0. The number of ether oxygens (including phenoxy) is 1. The van der Waals surface area contributed by atoms with Crippen LogP contribution in [0.2, 0.25) is 0 Å². The van der Waals surface area contributed by atoms with Crippen LogP contribution in [0.3, 0.4) is 0 Å². The first kappa shape index (κ1) is 22.3. The van der Waals surface area contributed by atoms with E-state index >= 15 is 0 Å². The van der Waals surface area contributed by atoms with Crippen LogP contribution in [0.4, 0.5) is 0 Å². The Labute approximate surface area is 181 Å². The number of likely N-dealkylation sites (tertiary alicyclic amines) is 2. The van der Waals surface area contributed by atoms with Crippen LogP contribution < -0.4 is 10.1 Å². The maximum atomic E-state index is 5.33. The molecule has 0 amide bonds. The molecule has 2 saturated heterocycles. The van der Waals surface area contributed by atoms with Gasteiger partial charge < -0.3 is 15.0 Å². The van der Waals surface area contributed by atoms with Crippen molar-refractivity contribution in [1.82, 2.24) is 15.1 Å². The van der Waals surface area contributed by atoms with Gasteiger partial charge in [0.05, 0.1) is 19.7 Å². The number of methoxy groups -OCH3 is 1. The van der Waals surface area contributed by atoms with Gasteiger partial charge in [0, 0.05) is 19.6 Å². The van der Waals surface area contributed by atoms with Crippen molar-refractivity contribution in [2.45, 2.75) is 45.1 Å². The number of guanidine groups is 1. The first-order valence-corrected chi connectivity index (χ1v) is 10.2. The van der Waals surface area contributed by atoms with Crippen molar-refractivity contribution in [3.8, 4) is 5.75 Å². The Bertz CT molecular complexity index is 566. The number of benzene rings is 1. The summed E-state index contributed by atoms with van der Waals surface area (Å²) in [6, 6.07) is 8.90. The first-order valence-electron chi connectivity index (χ1n) is 10.2. The Morgan fingerprint density at radius 1 is 1.04 bits per heavy atom. The zero-order chi connectivity index (χ0) is 18.2. The molecule has 0 bridgehead atoms. The summed E-state index contributed by atoms with van der Waals surface area (Å²) in [6.45, 7) is 8.49. The van der Waals surface area contributed by atoms with Gasteiger partial charge in [-0.15, -0.1) is 24.0 Å². The number of hydrogen-bond donors (Lipinski definition) is 1. The lowest BCUT2D eigenvalue weighted by molar-refractivity contribution is 0.167. The molecule has 2 aliphatic rings. The minimum atomic E-state index is 0. The predicted molar refractivity (Wildman–Crippen MR) is 123 cm³/mol. The number of nitrogens with zero attached hydrogens (tertiary/aromatic N) is 3. The fourth-order valence-electron chi connectivity index (χ4n) is 4.02. The largest absolute Gasteiger partial charge is 0.497 e. The van der Waals surface area contributed by atoms with E-state index < -0.39 is 0 Å². The van der Waals surface area contributed by atoms with Crippen LogP contribution >= 0.6 is 24.0 Å². The van der Waals surface area contributed by atoms with Crippen LogP contribution in [-0.4, -0.2) is 62.1 Å². The molecule has 2 aliphatic heterocycles. The summed E-state index contributed by atoms with van der Waals surface area (Å²) in [5, 5.41) is 3.49. The van der Waals surface area contributed by atoms with Gasteiger partial charge in [-0.2, -0.15) is 0 Å². The number of halogens is 1. The van der Waals surface area contributed by atoms with Crippen molar-refractivity contribution in [1.29, 1.82) is 0 Å². The van der Waals surface area contributed by atoms with Gasteiger partial charge >= 0.3 is 0 Å². The van der Waals surface area contributed by atoms with E-state index in [1.165, 1.54) is 50.8 Å². The van der Waals surface area contributed by atoms with E-state index in [2.05, 4.69) is 46.3 Å². The Morgan fingerprint density at radius 3 is 2.26 bits per heavy atom. The number of piperidine rings is 1. The zero-order valence-electron chi connectivity index (χ0n) is 16.8. The van der Waals surface area contributed by atoms with Gasteiger partial charge in [-0.1, -0.05) is 18.6 Å². The van der Waals surface area contributed by atoms with Crippen molar-refractivity contribution < 1.29 is 4.74 Å². The third-order valence-corrected chi connectivity index (χ3v) is 5.49. The Kier molecular flexibility index (Phi) is 9.68. The standard InChI is InChI=1S/C21H34N4O.HI/c1-3-22-21(25-15-7-8-16-25)23-17-20(24-13-5-4-6-14-24)18-9-11-19(26-2)12-10-18;/h9-12,20H,3-8,13-17H2,1-2H3,(H,22,23);1H. The predicted octanol–water partition coefficient (Wildman–Crippen LogP) is 3.90. The van der Waals surface area contributed by atoms with E-state index in [-0.39, 0.29) is 24.0 Å². The van der Waals surface area contributed by atoms with Gasteiger partial charge in [-0.25, -0.2) is 0 Å². The Hall–Kier alpha value is -1.02. The molecule has 0 aromatic heterocycles. The van der Waals surface area contributed by atoms with E-state index in [1.54, 1.807) is 7.11 Å². The van der Waals surface area contributed by atoms with Crippen LogP contribution in [0, 0.1) is 0 Å². The fourth-order valence-corrected chi connectivity index (χ4v) is 4.02. The van der Waals surface area contributed by atoms with Crippen LogP contribution in [0.1, 0.15) is 50.6 Å². The molecule has 152 valence electrons. The van der Waals surface area contributed by atoms with E-state index in [0.29, 0.717) is 6.04 Å². The molecular weight excluding hydrogens is 451 g/mol. The molecule has 1 aromatic rings. The summed E-state index contributed by atoms with van der Waals surface area (Å²) in [5.74, 6) is 2.00. The molecule has 1 atom stereocenters. The van der Waals surface area contributed by atoms with Crippen LogP contribution in [-0.2, 0) is 0 Å². The minimum absolute atomic E-state index is 0. The molecule has 6 heteroatoms. The van der Waals surface area contributed by atoms with Crippen LogP contribution in [0.15, 0.2) is 29.3 Å². The van der Waals surface area contributed by atoms with Crippen molar-refractivity contribution in [3.05, 3.63) is 29.8 Å². The summed E-state index contributed by atoms with van der Waals surface area (Å²) in [4.78, 5) is 10.1. The molecule has 1 N–H and O–H groups in total. The van der Waals surface area contributed by atoms with E-state index in [1.807, 2.05) is 0 Å². The Morgan fingerprint density at radius 2 is 1.67 bits per heavy atom. The second kappa shape index (κ2) is 11.7. The van der Waals surface area contributed by atoms with Gasteiger partial charge in [0.25, 0.3) is 0 Å². The van der Waals surface area contributed by atoms with Crippen molar-refractivity contribution in [3.63, 3.8) is 0 Å². The highest BCUT2D eigenvalue weighted by Gasteiger charge is 2.23. The van der Waals surface area contributed by atoms with E-state index in [4.69, 9.17) is 9.73 Å². The van der Waals surface area contributed by atoms with Gasteiger partial charge in [0.1, 0.15) is 5.75 Å². The van der Waals surface area contributed by atoms with Gasteiger partial charge in [0.15, 0.2) is 5.96 Å². The SMILES string of the molecule is CCNC(=NCC(c1ccc(OC)cc1)N1CCCCC1)N1CCCC1.I. The Balaban J connectivity index is 0.00000261. The zero-order valence-corrected chi connectivity index (χ0v) is 19.2. The molecule has 27 heavy (non-hydrogen) atoms. The first-order chi connectivity index (χ1) is 12.8. The fraction of sp³-hybridized carbons (Fsp3) is 0.667. The third kappa shape index (κ3) is 6.24. The second-order valence-corrected chi connectivity index (χ2v) is 7.27. The molecule has 0 radical (unpaired) electrons. The van der Waals surface area contributed by atoms with Gasteiger partial charge in [-0.05, 0) is 63.4 Å². The number of aliphatic imine (C=N–C) groups is 1. The molecular formula is C21H35IN4O. The van der Waals surface area contributed by atoms with Gasteiger partial charge in [0.2, 0.25) is 0 Å². The average Bonchev–Trinajstić information content (AvgIpc) is 3.23. The highest BCUT2D eigenvalue weighted by Crippen LogP contribution is 2.27.